The number of aromatic nitrogens is 1. The van der Waals surface area contributed by atoms with Crippen LogP contribution in [-0.4, -0.2) is 31.1 Å². The molecule has 1 N–H and O–H groups in total. The molecular weight excluding hydrogens is 369 g/mol. The highest BCUT2D eigenvalue weighted by Crippen LogP contribution is 2.31. The van der Waals surface area contributed by atoms with E-state index in [-0.39, 0.29) is 29.0 Å². The van der Waals surface area contributed by atoms with Crippen LogP contribution in [0, 0.1) is 5.82 Å². The van der Waals surface area contributed by atoms with Crippen molar-refractivity contribution in [3.63, 3.8) is 0 Å². The fraction of sp³-hybridized carbons (Fsp3) is 0.375. The standard InChI is InChI=1S/C14H13BrFNO4.C2H6/c1-20-10(18)6-4-8-7-3-5-9(16)11(15)12(7)17-13(8)14(19)21-2;1-2/h3,5,17H,4,6H2,1-2H3;1-2H3. The van der Waals surface area contributed by atoms with Crippen molar-refractivity contribution in [1.82, 2.24) is 4.98 Å². The first-order valence-electron chi connectivity index (χ1n) is 7.13. The Morgan fingerprint density at radius 2 is 1.87 bits per heavy atom. The van der Waals surface area contributed by atoms with Crippen LogP contribution >= 0.6 is 15.9 Å². The first-order chi connectivity index (χ1) is 11.0. The molecule has 1 heterocycles. The third-order valence-electron chi connectivity index (χ3n) is 3.17. The fourth-order valence-electron chi connectivity index (χ4n) is 2.12. The van der Waals surface area contributed by atoms with Crippen molar-refractivity contribution in [3.05, 3.63) is 33.7 Å². The molecular formula is C16H19BrFNO4. The third-order valence-corrected chi connectivity index (χ3v) is 3.94. The number of H-pyrrole nitrogens is 1. The van der Waals surface area contributed by atoms with Crippen molar-refractivity contribution >= 4 is 38.8 Å². The molecule has 0 aliphatic heterocycles. The van der Waals surface area contributed by atoms with Gasteiger partial charge in [0.05, 0.1) is 24.2 Å². The predicted molar refractivity (Wildman–Crippen MR) is 89.0 cm³/mol. The highest BCUT2D eigenvalue weighted by Gasteiger charge is 2.21. The van der Waals surface area contributed by atoms with Crippen molar-refractivity contribution in [1.29, 1.82) is 0 Å². The zero-order valence-electron chi connectivity index (χ0n) is 13.5. The second kappa shape index (κ2) is 8.67. The van der Waals surface area contributed by atoms with Gasteiger partial charge >= 0.3 is 11.9 Å². The molecule has 0 fully saturated rings. The van der Waals surface area contributed by atoms with Gasteiger partial charge in [-0.25, -0.2) is 9.18 Å². The van der Waals surface area contributed by atoms with Crippen molar-refractivity contribution in [3.8, 4) is 0 Å². The molecule has 126 valence electrons. The first kappa shape index (κ1) is 19.2. The fourth-order valence-corrected chi connectivity index (χ4v) is 2.57. The minimum Gasteiger partial charge on any atom is -0.469 e. The minimum atomic E-state index is -0.571. The number of methoxy groups -OCH3 is 2. The van der Waals surface area contributed by atoms with Crippen molar-refractivity contribution in [2.75, 3.05) is 14.2 Å². The lowest BCUT2D eigenvalue weighted by Crippen LogP contribution is -2.07. The molecule has 2 aromatic rings. The van der Waals surface area contributed by atoms with Gasteiger partial charge < -0.3 is 14.5 Å². The second-order valence-electron chi connectivity index (χ2n) is 4.33. The lowest BCUT2D eigenvalue weighted by molar-refractivity contribution is -0.140. The molecule has 0 amide bonds. The molecule has 1 aromatic carbocycles. The van der Waals surface area contributed by atoms with Gasteiger partial charge in [-0.05, 0) is 40.0 Å². The van der Waals surface area contributed by atoms with Crippen LogP contribution in [-0.2, 0) is 20.7 Å². The summed E-state index contributed by atoms with van der Waals surface area (Å²) in [5, 5.41) is 0.660. The number of halogens is 2. The van der Waals surface area contributed by atoms with Crippen LogP contribution in [0.3, 0.4) is 0 Å². The van der Waals surface area contributed by atoms with E-state index in [0.29, 0.717) is 16.5 Å². The number of carbonyl (C=O) groups excluding carboxylic acids is 2. The minimum absolute atomic E-state index is 0.114. The monoisotopic (exact) mass is 387 g/mol. The summed E-state index contributed by atoms with van der Waals surface area (Å²) in [6.45, 7) is 4.00. The maximum Gasteiger partial charge on any atom is 0.354 e. The quantitative estimate of drug-likeness (QED) is 0.805. The molecule has 0 aliphatic carbocycles. The number of fused-ring (bicyclic) bond motifs is 1. The lowest BCUT2D eigenvalue weighted by Gasteiger charge is -2.03. The summed E-state index contributed by atoms with van der Waals surface area (Å²) in [5.74, 6) is -1.40. The normalized spacial score (nSPS) is 10.0. The number of esters is 2. The smallest absolute Gasteiger partial charge is 0.354 e. The van der Waals surface area contributed by atoms with E-state index in [1.54, 1.807) is 6.07 Å². The molecule has 0 saturated heterocycles. The number of benzene rings is 1. The first-order valence-corrected chi connectivity index (χ1v) is 7.92. The Labute approximate surface area is 142 Å². The molecule has 7 heteroatoms. The molecule has 5 nitrogen and oxygen atoms in total. The van der Waals surface area contributed by atoms with Crippen LogP contribution in [0.2, 0.25) is 0 Å². The Morgan fingerprint density at radius 3 is 2.43 bits per heavy atom. The maximum atomic E-state index is 13.6. The van der Waals surface area contributed by atoms with Crippen molar-refractivity contribution in [2.45, 2.75) is 26.7 Å². The van der Waals surface area contributed by atoms with E-state index in [9.17, 15) is 14.0 Å². The molecule has 0 spiro atoms. The van der Waals surface area contributed by atoms with E-state index in [4.69, 9.17) is 4.74 Å². The summed E-state index contributed by atoms with van der Waals surface area (Å²) >= 11 is 3.14. The average molecular weight is 388 g/mol. The Kier molecular flexibility index (Phi) is 7.22. The highest BCUT2D eigenvalue weighted by atomic mass is 79.9. The van der Waals surface area contributed by atoms with E-state index >= 15 is 0 Å². The largest absolute Gasteiger partial charge is 0.469 e. The van der Waals surface area contributed by atoms with Gasteiger partial charge in [-0.2, -0.15) is 0 Å². The highest BCUT2D eigenvalue weighted by molar-refractivity contribution is 9.10. The topological polar surface area (TPSA) is 68.4 Å². The number of rotatable bonds is 4. The van der Waals surface area contributed by atoms with Gasteiger partial charge in [0.1, 0.15) is 11.5 Å². The molecule has 0 atom stereocenters. The molecule has 0 aliphatic rings. The van der Waals surface area contributed by atoms with E-state index < -0.39 is 11.8 Å². The Morgan fingerprint density at radius 1 is 1.22 bits per heavy atom. The molecule has 23 heavy (non-hydrogen) atoms. The van der Waals surface area contributed by atoms with Crippen LogP contribution < -0.4 is 0 Å². The van der Waals surface area contributed by atoms with Gasteiger partial charge in [0.25, 0.3) is 0 Å². The number of nitrogens with one attached hydrogen (secondary N) is 1. The van der Waals surface area contributed by atoms with Crippen molar-refractivity contribution in [2.24, 2.45) is 0 Å². The third kappa shape index (κ3) is 4.10. The molecule has 0 radical (unpaired) electrons. The van der Waals surface area contributed by atoms with Crippen LogP contribution in [0.5, 0.6) is 0 Å². The summed E-state index contributed by atoms with van der Waals surface area (Å²) in [5.41, 5.74) is 1.26. The number of hydrogen-bond donors (Lipinski definition) is 1. The second-order valence-corrected chi connectivity index (χ2v) is 5.12. The summed E-state index contributed by atoms with van der Waals surface area (Å²) in [6, 6.07) is 2.86. The number of aryl methyl sites for hydroxylation is 1. The number of carbonyl (C=O) groups is 2. The molecule has 0 unspecified atom stereocenters. The van der Waals surface area contributed by atoms with Gasteiger partial charge in [-0.15, -0.1) is 0 Å². The Bertz CT molecular complexity index is 712. The zero-order valence-corrected chi connectivity index (χ0v) is 15.0. The van der Waals surface area contributed by atoms with E-state index in [0.717, 1.165) is 0 Å². The number of ether oxygens (including phenoxy) is 2. The summed E-state index contributed by atoms with van der Waals surface area (Å²) < 4.78 is 23.1. The van der Waals surface area contributed by atoms with Crippen LogP contribution in [0.1, 0.15) is 36.3 Å². The van der Waals surface area contributed by atoms with Crippen LogP contribution in [0.25, 0.3) is 10.9 Å². The molecule has 1 aromatic heterocycles. The number of hydrogen-bond acceptors (Lipinski definition) is 4. The van der Waals surface area contributed by atoms with E-state index in [1.165, 1.54) is 20.3 Å². The van der Waals surface area contributed by atoms with Crippen LogP contribution in [0.15, 0.2) is 16.6 Å². The van der Waals surface area contributed by atoms with E-state index in [2.05, 4.69) is 25.7 Å². The zero-order chi connectivity index (χ0) is 17.6. The number of aromatic amines is 1. The Hall–Kier alpha value is -1.89. The predicted octanol–water partition coefficient (Wildman–Crippen LogP) is 3.99. The summed E-state index contributed by atoms with van der Waals surface area (Å²) in [7, 11) is 2.55. The molecule has 0 bridgehead atoms. The van der Waals surface area contributed by atoms with E-state index in [1.807, 2.05) is 13.8 Å². The Balaban J connectivity index is 0.00000127. The van der Waals surface area contributed by atoms with Gasteiger partial charge in [-0.3, -0.25) is 4.79 Å². The maximum absolute atomic E-state index is 13.6. The summed E-state index contributed by atoms with van der Waals surface area (Å²) in [4.78, 5) is 26.0. The molecule has 0 saturated carbocycles. The lowest BCUT2D eigenvalue weighted by atomic mass is 10.1. The van der Waals surface area contributed by atoms with Gasteiger partial charge in [-0.1, -0.05) is 13.8 Å². The van der Waals surface area contributed by atoms with Gasteiger partial charge in [0.2, 0.25) is 0 Å². The SMILES string of the molecule is CC.COC(=O)CCc1c(C(=O)OC)[nH]c2c(Br)c(F)ccc12. The molecule has 2 rings (SSSR count). The van der Waals surface area contributed by atoms with Crippen LogP contribution in [0.4, 0.5) is 4.39 Å². The van der Waals surface area contributed by atoms with Gasteiger partial charge in [0, 0.05) is 11.8 Å². The average Bonchev–Trinajstić information content (AvgIpc) is 2.96. The summed E-state index contributed by atoms with van der Waals surface area (Å²) in [6.07, 6.45) is 0.400. The van der Waals surface area contributed by atoms with Gasteiger partial charge in [0.15, 0.2) is 0 Å². The van der Waals surface area contributed by atoms with Crippen molar-refractivity contribution < 1.29 is 23.5 Å².